The van der Waals surface area contributed by atoms with Crippen molar-refractivity contribution in [1.29, 1.82) is 0 Å². The van der Waals surface area contributed by atoms with E-state index in [2.05, 4.69) is 31.4 Å². The van der Waals surface area contributed by atoms with E-state index in [1.54, 1.807) is 0 Å². The maximum absolute atomic E-state index is 14.8. The number of pyridine rings is 2. The van der Waals surface area contributed by atoms with Gasteiger partial charge in [0.15, 0.2) is 0 Å². The van der Waals surface area contributed by atoms with Crippen LogP contribution in [0.3, 0.4) is 0 Å². The highest BCUT2D eigenvalue weighted by Gasteiger charge is 2.39. The zero-order valence-electron chi connectivity index (χ0n) is 26.0. The van der Waals surface area contributed by atoms with Crippen molar-refractivity contribution in [2.24, 2.45) is 23.3 Å². The van der Waals surface area contributed by atoms with E-state index in [0.29, 0.717) is 29.3 Å². The number of aryl methyl sites for hydroxylation is 2. The Bertz CT molecular complexity index is 2010. The molecule has 3 atom stereocenters. The molecule has 232 valence electrons. The van der Waals surface area contributed by atoms with Crippen LogP contribution in [0, 0.1) is 31.5 Å². The molecule has 45 heavy (non-hydrogen) atoms. The lowest BCUT2D eigenvalue weighted by Gasteiger charge is -2.25. The van der Waals surface area contributed by atoms with E-state index in [9.17, 15) is 14.0 Å². The first kappa shape index (κ1) is 29.2. The van der Waals surface area contributed by atoms with Gasteiger partial charge < -0.3 is 20.9 Å². The van der Waals surface area contributed by atoms with Gasteiger partial charge in [-0.1, -0.05) is 13.8 Å². The number of carbonyl (C=O) groups is 2. The van der Waals surface area contributed by atoms with Crippen molar-refractivity contribution in [1.82, 2.24) is 24.1 Å². The van der Waals surface area contributed by atoms with Gasteiger partial charge in [0.2, 0.25) is 0 Å². The molecule has 1 saturated heterocycles. The van der Waals surface area contributed by atoms with Crippen molar-refractivity contribution in [3.63, 3.8) is 0 Å². The fourth-order valence-corrected chi connectivity index (χ4v) is 6.95. The number of nitrogens with two attached hydrogens (primary N) is 2. The second-order valence-corrected chi connectivity index (χ2v) is 12.9. The normalized spacial score (nSPS) is 20.0. The molecule has 9 nitrogen and oxygen atoms in total. The molecule has 1 saturated carbocycles. The third kappa shape index (κ3) is 4.88. The standard InChI is InChI=1S/C35H38FN7O2/c1-5-28-31(37)19(3)15-42(28)35(45)23-9-11-29-20(4)32(40-43(29)17-23)30-13-22-8-10-27(39-34(22)41(30)16-21-6-7-21)24-14-26(36)25(33(38)44)12-18(24)2/h8-14,17,19,21,28,31H,5-7,15-16,37H2,1-4H3,(H2,38,44)/t19?,28?,31-/m1/s1. The number of rotatable bonds is 7. The molecule has 2 aliphatic rings. The molecule has 2 unspecified atom stereocenters. The lowest BCUT2D eigenvalue weighted by Crippen LogP contribution is -2.42. The molecule has 4 N–H and O–H groups in total. The number of fused-ring (bicyclic) bond motifs is 2. The van der Waals surface area contributed by atoms with E-state index in [1.807, 2.05) is 46.8 Å². The SMILES string of the molecule is CCC1[C@H](N)C(C)CN1C(=O)c1ccc2c(C)c(-c3cc4ccc(-c5cc(F)c(C(N)=O)cc5C)nc4n3CC3CC3)nn2c1. The molecule has 2 fully saturated rings. The van der Waals surface area contributed by atoms with Crippen LogP contribution in [0.15, 0.2) is 48.7 Å². The van der Waals surface area contributed by atoms with Crippen molar-refractivity contribution in [2.75, 3.05) is 6.54 Å². The molecule has 2 amide bonds. The van der Waals surface area contributed by atoms with E-state index >= 15 is 0 Å². The highest BCUT2D eigenvalue weighted by atomic mass is 19.1. The fraction of sp³-hybridized carbons (Fsp3) is 0.371. The molecule has 4 aromatic heterocycles. The number of primary amides is 1. The second-order valence-electron chi connectivity index (χ2n) is 12.9. The minimum atomic E-state index is -0.798. The highest BCUT2D eigenvalue weighted by molar-refractivity contribution is 5.96. The zero-order chi connectivity index (χ0) is 31.7. The van der Waals surface area contributed by atoms with Crippen molar-refractivity contribution >= 4 is 28.4 Å². The Balaban J connectivity index is 1.30. The Hall–Kier alpha value is -4.57. The third-order valence-electron chi connectivity index (χ3n) is 9.77. The molecule has 10 heteroatoms. The zero-order valence-corrected chi connectivity index (χ0v) is 26.0. The summed E-state index contributed by atoms with van der Waals surface area (Å²) in [6.07, 6.45) is 4.96. The Kier molecular flexibility index (Phi) is 7.00. The smallest absolute Gasteiger partial charge is 0.255 e. The molecular formula is C35H38FN7O2. The van der Waals surface area contributed by atoms with Gasteiger partial charge >= 0.3 is 0 Å². The molecule has 7 rings (SSSR count). The lowest BCUT2D eigenvalue weighted by atomic mass is 10.0. The first-order valence-electron chi connectivity index (χ1n) is 15.7. The summed E-state index contributed by atoms with van der Waals surface area (Å²) in [6, 6.07) is 12.7. The van der Waals surface area contributed by atoms with Gasteiger partial charge in [-0.05, 0) is 93.0 Å². The number of hydrogen-bond acceptors (Lipinski definition) is 5. The van der Waals surface area contributed by atoms with Crippen molar-refractivity contribution < 1.29 is 14.0 Å². The van der Waals surface area contributed by atoms with E-state index in [0.717, 1.165) is 64.9 Å². The highest BCUT2D eigenvalue weighted by Crippen LogP contribution is 2.38. The molecule has 1 aliphatic carbocycles. The van der Waals surface area contributed by atoms with Gasteiger partial charge in [-0.2, -0.15) is 5.10 Å². The average molecular weight is 608 g/mol. The van der Waals surface area contributed by atoms with Gasteiger partial charge in [0.1, 0.15) is 17.2 Å². The van der Waals surface area contributed by atoms with Crippen LogP contribution in [0.25, 0.3) is 39.2 Å². The van der Waals surface area contributed by atoms with Gasteiger partial charge in [0.05, 0.1) is 28.0 Å². The molecule has 0 radical (unpaired) electrons. The van der Waals surface area contributed by atoms with Crippen LogP contribution in [0.4, 0.5) is 4.39 Å². The first-order chi connectivity index (χ1) is 21.5. The molecule has 0 spiro atoms. The largest absolute Gasteiger partial charge is 0.366 e. The second kappa shape index (κ2) is 10.8. The van der Waals surface area contributed by atoms with Crippen LogP contribution in [0.2, 0.25) is 0 Å². The molecule has 5 heterocycles. The van der Waals surface area contributed by atoms with E-state index in [1.165, 1.54) is 12.1 Å². The predicted octanol–water partition coefficient (Wildman–Crippen LogP) is 5.48. The summed E-state index contributed by atoms with van der Waals surface area (Å²) in [6.45, 7) is 9.50. The number of likely N-dealkylation sites (tertiary alicyclic amines) is 1. The van der Waals surface area contributed by atoms with Crippen LogP contribution >= 0.6 is 0 Å². The summed E-state index contributed by atoms with van der Waals surface area (Å²) in [5, 5.41) is 5.97. The van der Waals surface area contributed by atoms with Gasteiger partial charge in [-0.25, -0.2) is 13.9 Å². The summed E-state index contributed by atoms with van der Waals surface area (Å²) in [7, 11) is 0. The van der Waals surface area contributed by atoms with E-state index in [-0.39, 0.29) is 29.5 Å². The monoisotopic (exact) mass is 607 g/mol. The first-order valence-corrected chi connectivity index (χ1v) is 15.7. The third-order valence-corrected chi connectivity index (χ3v) is 9.77. The summed E-state index contributed by atoms with van der Waals surface area (Å²) in [4.78, 5) is 32.2. The van der Waals surface area contributed by atoms with Gasteiger partial charge in [-0.3, -0.25) is 9.59 Å². The van der Waals surface area contributed by atoms with Crippen molar-refractivity contribution in [3.8, 4) is 22.6 Å². The minimum absolute atomic E-state index is 0.0200. The van der Waals surface area contributed by atoms with Crippen molar-refractivity contribution in [3.05, 3.63) is 76.7 Å². The number of hydrogen-bond donors (Lipinski definition) is 2. The maximum atomic E-state index is 14.8. The van der Waals surface area contributed by atoms with Crippen LogP contribution in [-0.4, -0.2) is 54.5 Å². The predicted molar refractivity (Wildman–Crippen MR) is 172 cm³/mol. The number of amides is 2. The van der Waals surface area contributed by atoms with Gasteiger partial charge in [-0.15, -0.1) is 0 Å². The topological polar surface area (TPSA) is 125 Å². The van der Waals surface area contributed by atoms with Crippen LogP contribution in [-0.2, 0) is 6.54 Å². The maximum Gasteiger partial charge on any atom is 0.255 e. The molecule has 5 aromatic rings. The molecular weight excluding hydrogens is 569 g/mol. The number of nitrogens with zero attached hydrogens (tertiary/aromatic N) is 5. The fourth-order valence-electron chi connectivity index (χ4n) is 6.95. The van der Waals surface area contributed by atoms with E-state index < -0.39 is 11.7 Å². The minimum Gasteiger partial charge on any atom is -0.366 e. The summed E-state index contributed by atoms with van der Waals surface area (Å²) >= 11 is 0. The lowest BCUT2D eigenvalue weighted by molar-refractivity contribution is 0.0724. The van der Waals surface area contributed by atoms with Gasteiger partial charge in [0.25, 0.3) is 11.8 Å². The number of halogens is 1. The number of benzene rings is 1. The van der Waals surface area contributed by atoms with Crippen LogP contribution < -0.4 is 11.5 Å². The quantitative estimate of drug-likeness (QED) is 0.254. The Morgan fingerprint density at radius 3 is 2.58 bits per heavy atom. The Morgan fingerprint density at radius 1 is 1.09 bits per heavy atom. The van der Waals surface area contributed by atoms with Crippen molar-refractivity contribution in [2.45, 2.75) is 65.6 Å². The van der Waals surface area contributed by atoms with Crippen LogP contribution in [0.1, 0.15) is 65.0 Å². The van der Waals surface area contributed by atoms with Crippen LogP contribution in [0.5, 0.6) is 0 Å². The number of aromatic nitrogens is 4. The molecule has 1 aromatic carbocycles. The Morgan fingerprint density at radius 2 is 1.87 bits per heavy atom. The summed E-state index contributed by atoms with van der Waals surface area (Å²) in [5.74, 6) is -0.673. The summed E-state index contributed by atoms with van der Waals surface area (Å²) in [5.41, 5.74) is 18.7. The molecule has 1 aliphatic heterocycles. The number of carbonyl (C=O) groups excluding carboxylic acids is 2. The van der Waals surface area contributed by atoms with Gasteiger partial charge in [0, 0.05) is 47.9 Å². The Labute approximate surface area is 261 Å². The van der Waals surface area contributed by atoms with E-state index in [4.69, 9.17) is 21.5 Å². The summed E-state index contributed by atoms with van der Waals surface area (Å²) < 4.78 is 18.8. The average Bonchev–Trinajstić information content (AvgIpc) is 3.60. The molecule has 0 bridgehead atoms.